The molecule has 1 aliphatic rings. The zero-order valence-electron chi connectivity index (χ0n) is 15.5. The number of nitrogens with zero attached hydrogens (tertiary/aromatic N) is 2. The molecule has 6 nitrogen and oxygen atoms in total. The number of ether oxygens (including phenoxy) is 1. The van der Waals surface area contributed by atoms with Crippen molar-refractivity contribution in [2.75, 3.05) is 31.6 Å². The molecule has 0 bridgehead atoms. The average molecular weight is 393 g/mol. The van der Waals surface area contributed by atoms with E-state index in [1.807, 2.05) is 32.2 Å². The molecule has 3 aromatic rings. The molecular weight excluding hydrogens is 373 g/mol. The molecule has 1 saturated heterocycles. The number of carbonyl (C=O) groups is 1. The number of carboxylic acid groups (broad SMARTS) is 1. The minimum Gasteiger partial charge on any atom is -0.478 e. The highest BCUT2D eigenvalue weighted by atomic mass is 32.2. The van der Waals surface area contributed by atoms with Gasteiger partial charge in [-0.05, 0) is 30.1 Å². The van der Waals surface area contributed by atoms with Gasteiger partial charge in [0, 0.05) is 24.7 Å². The van der Waals surface area contributed by atoms with Crippen molar-refractivity contribution in [1.82, 2.24) is 9.29 Å². The zero-order chi connectivity index (χ0) is 19.5. The Bertz CT molecular complexity index is 1020. The Morgan fingerprint density at radius 3 is 2.79 bits per heavy atom. The summed E-state index contributed by atoms with van der Waals surface area (Å²) in [6.07, 6.45) is 1.85. The topological polar surface area (TPSA) is 74.7 Å². The summed E-state index contributed by atoms with van der Waals surface area (Å²) in [7, 11) is 2.04. The maximum absolute atomic E-state index is 11.7. The van der Waals surface area contributed by atoms with Crippen molar-refractivity contribution >= 4 is 53.5 Å². The molecule has 0 spiro atoms. The second kappa shape index (κ2) is 8.22. The van der Waals surface area contributed by atoms with E-state index in [2.05, 4.69) is 20.7 Å². The van der Waals surface area contributed by atoms with Gasteiger partial charge in [0.25, 0.3) is 0 Å². The molecule has 1 aliphatic heterocycles. The van der Waals surface area contributed by atoms with Gasteiger partial charge in [-0.3, -0.25) is 4.98 Å². The Hall–Kier alpha value is -2.55. The van der Waals surface area contributed by atoms with Crippen molar-refractivity contribution in [3.05, 3.63) is 54.2 Å². The van der Waals surface area contributed by atoms with Crippen LogP contribution in [0.25, 0.3) is 10.9 Å². The first-order chi connectivity index (χ1) is 13.6. The number of hydrogen-bond acceptors (Lipinski definition) is 6. The number of aromatic carboxylic acids is 1. The molecule has 1 fully saturated rings. The number of para-hydroxylation sites is 1. The van der Waals surface area contributed by atoms with E-state index in [4.69, 9.17) is 4.74 Å². The molecule has 0 atom stereocenters. The molecule has 142 valence electrons. The number of rotatable bonds is 5. The van der Waals surface area contributed by atoms with Gasteiger partial charge < -0.3 is 15.2 Å². The van der Waals surface area contributed by atoms with Crippen LogP contribution in [0.3, 0.4) is 0 Å². The normalized spacial score (nSPS) is 14.9. The fourth-order valence-corrected chi connectivity index (χ4v) is 4.14. The summed E-state index contributed by atoms with van der Waals surface area (Å²) in [5, 5.41) is 13.9. The smallest absolute Gasteiger partial charge is 0.337 e. The fourth-order valence-electron chi connectivity index (χ4n) is 3.18. The van der Waals surface area contributed by atoms with Crippen molar-refractivity contribution in [3.8, 4) is 0 Å². The standard InChI is InChI=1S/C20H20BN3O3S/c21-13-5-6-16-15(11-13)19(23-17-4-2-1-3-14(17)20(25)26)18(12-22-16)28-24-7-9-27-10-8-24/h1-6,11-12H,7-10,21H2,(H,22,23)(H,25,26). The minimum absolute atomic E-state index is 0.238. The van der Waals surface area contributed by atoms with Crippen LogP contribution >= 0.6 is 11.9 Å². The van der Waals surface area contributed by atoms with Gasteiger partial charge in [0.05, 0.1) is 40.6 Å². The highest BCUT2D eigenvalue weighted by Crippen LogP contribution is 2.37. The molecule has 0 saturated carbocycles. The van der Waals surface area contributed by atoms with Crippen LogP contribution in [0.5, 0.6) is 0 Å². The number of benzene rings is 2. The number of aromatic nitrogens is 1. The summed E-state index contributed by atoms with van der Waals surface area (Å²) in [6.45, 7) is 3.08. The Morgan fingerprint density at radius 2 is 2.00 bits per heavy atom. The van der Waals surface area contributed by atoms with Crippen LogP contribution in [0.15, 0.2) is 53.6 Å². The van der Waals surface area contributed by atoms with Crippen LogP contribution in [-0.2, 0) is 4.74 Å². The third-order valence-corrected chi connectivity index (χ3v) is 5.73. The lowest BCUT2D eigenvalue weighted by atomic mass is 9.94. The maximum Gasteiger partial charge on any atom is 0.337 e. The molecule has 2 N–H and O–H groups in total. The number of nitrogens with one attached hydrogen (secondary N) is 1. The summed E-state index contributed by atoms with van der Waals surface area (Å²) in [5.41, 5.74) is 3.67. The summed E-state index contributed by atoms with van der Waals surface area (Å²) in [6, 6.07) is 13.0. The first-order valence-corrected chi connectivity index (χ1v) is 9.88. The first-order valence-electron chi connectivity index (χ1n) is 9.11. The van der Waals surface area contributed by atoms with Crippen LogP contribution in [-0.4, -0.2) is 54.5 Å². The number of morpholine rings is 1. The zero-order valence-corrected chi connectivity index (χ0v) is 16.3. The number of hydrogen-bond donors (Lipinski definition) is 2. The number of fused-ring (bicyclic) bond motifs is 1. The molecular formula is C20H20BN3O3S. The molecule has 0 unspecified atom stereocenters. The van der Waals surface area contributed by atoms with Crippen molar-refractivity contribution in [2.24, 2.45) is 0 Å². The van der Waals surface area contributed by atoms with Crippen molar-refractivity contribution in [2.45, 2.75) is 4.90 Å². The minimum atomic E-state index is -0.958. The lowest BCUT2D eigenvalue weighted by Crippen LogP contribution is -2.31. The Balaban J connectivity index is 1.80. The Morgan fingerprint density at radius 1 is 1.21 bits per heavy atom. The van der Waals surface area contributed by atoms with Gasteiger partial charge >= 0.3 is 5.97 Å². The number of pyridine rings is 1. The van der Waals surface area contributed by atoms with E-state index in [0.29, 0.717) is 18.9 Å². The van der Waals surface area contributed by atoms with E-state index in [1.54, 1.807) is 30.1 Å². The average Bonchev–Trinajstić information content (AvgIpc) is 2.71. The molecule has 1 aromatic heterocycles. The predicted octanol–water partition coefficient (Wildman–Crippen LogP) is 2.27. The summed E-state index contributed by atoms with van der Waals surface area (Å²) < 4.78 is 7.69. The van der Waals surface area contributed by atoms with E-state index >= 15 is 0 Å². The van der Waals surface area contributed by atoms with Crippen LogP contribution in [0.4, 0.5) is 11.4 Å². The molecule has 0 amide bonds. The second-order valence-electron chi connectivity index (χ2n) is 6.63. The van der Waals surface area contributed by atoms with E-state index in [-0.39, 0.29) is 5.56 Å². The molecule has 4 rings (SSSR count). The highest BCUT2D eigenvalue weighted by molar-refractivity contribution is 7.97. The summed E-state index contributed by atoms with van der Waals surface area (Å²) in [5.74, 6) is -0.958. The van der Waals surface area contributed by atoms with Gasteiger partial charge in [-0.2, -0.15) is 0 Å². The Labute approximate surface area is 168 Å². The van der Waals surface area contributed by atoms with Crippen molar-refractivity contribution in [3.63, 3.8) is 0 Å². The summed E-state index contributed by atoms with van der Waals surface area (Å²) in [4.78, 5) is 17.2. The molecule has 0 aliphatic carbocycles. The maximum atomic E-state index is 11.7. The highest BCUT2D eigenvalue weighted by Gasteiger charge is 2.18. The van der Waals surface area contributed by atoms with Gasteiger partial charge in [0.15, 0.2) is 0 Å². The van der Waals surface area contributed by atoms with Crippen LogP contribution in [0, 0.1) is 0 Å². The van der Waals surface area contributed by atoms with Gasteiger partial charge in [0.1, 0.15) is 7.85 Å². The molecule has 2 heterocycles. The number of carboxylic acids is 1. The lowest BCUT2D eigenvalue weighted by molar-refractivity contribution is 0.0698. The first kappa shape index (κ1) is 18.8. The van der Waals surface area contributed by atoms with Crippen LogP contribution in [0.2, 0.25) is 0 Å². The Kier molecular flexibility index (Phi) is 5.52. The van der Waals surface area contributed by atoms with Crippen LogP contribution < -0.4 is 10.8 Å². The summed E-state index contributed by atoms with van der Waals surface area (Å²) >= 11 is 1.63. The number of anilines is 2. The van der Waals surface area contributed by atoms with Gasteiger partial charge in [-0.1, -0.05) is 29.7 Å². The van der Waals surface area contributed by atoms with Gasteiger partial charge in [-0.25, -0.2) is 9.10 Å². The molecule has 2 aromatic carbocycles. The molecule has 0 radical (unpaired) electrons. The van der Waals surface area contributed by atoms with E-state index < -0.39 is 5.97 Å². The lowest BCUT2D eigenvalue weighted by Gasteiger charge is -2.26. The monoisotopic (exact) mass is 393 g/mol. The third kappa shape index (κ3) is 3.99. The fraction of sp³-hybridized carbons (Fsp3) is 0.200. The molecule has 28 heavy (non-hydrogen) atoms. The van der Waals surface area contributed by atoms with E-state index in [0.717, 1.165) is 40.0 Å². The van der Waals surface area contributed by atoms with E-state index in [1.165, 1.54) is 0 Å². The van der Waals surface area contributed by atoms with Gasteiger partial charge in [-0.15, -0.1) is 0 Å². The second-order valence-corrected chi connectivity index (χ2v) is 7.77. The third-order valence-electron chi connectivity index (χ3n) is 4.60. The van der Waals surface area contributed by atoms with Crippen molar-refractivity contribution < 1.29 is 14.6 Å². The molecule has 8 heteroatoms. The van der Waals surface area contributed by atoms with E-state index in [9.17, 15) is 9.90 Å². The predicted molar refractivity (Wildman–Crippen MR) is 115 cm³/mol. The van der Waals surface area contributed by atoms with Crippen molar-refractivity contribution in [1.29, 1.82) is 0 Å². The van der Waals surface area contributed by atoms with Crippen LogP contribution in [0.1, 0.15) is 10.4 Å². The quantitative estimate of drug-likeness (QED) is 0.509. The van der Waals surface area contributed by atoms with Gasteiger partial charge in [0.2, 0.25) is 0 Å². The largest absolute Gasteiger partial charge is 0.478 e. The SMILES string of the molecule is Bc1ccc2ncc(SN3CCOCC3)c(Nc3ccccc3C(=O)O)c2c1.